The SMILES string of the molecule is CC(C)(C)OC(=O)N1CCOCC1C(N)Cc1ccoc1. The van der Waals surface area contributed by atoms with Crippen molar-refractivity contribution in [3.8, 4) is 0 Å². The van der Waals surface area contributed by atoms with Gasteiger partial charge in [-0.1, -0.05) is 0 Å². The molecule has 2 unspecified atom stereocenters. The number of morpholine rings is 1. The lowest BCUT2D eigenvalue weighted by molar-refractivity contribution is -0.0378. The minimum Gasteiger partial charge on any atom is -0.472 e. The lowest BCUT2D eigenvalue weighted by Gasteiger charge is -2.39. The van der Waals surface area contributed by atoms with Crippen LogP contribution in [0.5, 0.6) is 0 Å². The van der Waals surface area contributed by atoms with Crippen LogP contribution < -0.4 is 5.73 Å². The van der Waals surface area contributed by atoms with Crippen molar-refractivity contribution in [2.75, 3.05) is 19.8 Å². The smallest absolute Gasteiger partial charge is 0.410 e. The summed E-state index contributed by atoms with van der Waals surface area (Å²) in [4.78, 5) is 14.0. The van der Waals surface area contributed by atoms with Crippen molar-refractivity contribution in [2.24, 2.45) is 5.73 Å². The fourth-order valence-electron chi connectivity index (χ4n) is 2.34. The Bertz CT molecular complexity index is 453. The molecule has 2 N–H and O–H groups in total. The van der Waals surface area contributed by atoms with E-state index < -0.39 is 5.60 Å². The molecule has 0 aromatic carbocycles. The van der Waals surface area contributed by atoms with Crippen molar-refractivity contribution in [2.45, 2.75) is 44.9 Å². The molecule has 0 saturated carbocycles. The molecular weight excluding hydrogens is 272 g/mol. The van der Waals surface area contributed by atoms with Gasteiger partial charge < -0.3 is 19.6 Å². The first-order chi connectivity index (χ1) is 9.87. The lowest BCUT2D eigenvalue weighted by atomic mass is 10.0. The lowest BCUT2D eigenvalue weighted by Crippen LogP contribution is -2.58. The molecule has 2 atom stereocenters. The van der Waals surface area contributed by atoms with Gasteiger partial charge in [0.15, 0.2) is 0 Å². The van der Waals surface area contributed by atoms with Crippen molar-refractivity contribution in [3.63, 3.8) is 0 Å². The van der Waals surface area contributed by atoms with Crippen LogP contribution in [0.2, 0.25) is 0 Å². The number of hydrogen-bond acceptors (Lipinski definition) is 5. The molecule has 1 fully saturated rings. The van der Waals surface area contributed by atoms with E-state index in [1.54, 1.807) is 17.4 Å². The molecule has 0 bridgehead atoms. The predicted octanol–water partition coefficient (Wildman–Crippen LogP) is 1.79. The van der Waals surface area contributed by atoms with Crippen LogP contribution in [0.25, 0.3) is 0 Å². The Balaban J connectivity index is 2.02. The fraction of sp³-hybridized carbons (Fsp3) is 0.667. The molecule has 1 aliphatic heterocycles. The van der Waals surface area contributed by atoms with E-state index in [0.717, 1.165) is 5.56 Å². The summed E-state index contributed by atoms with van der Waals surface area (Å²) in [6, 6.07) is 1.46. The number of amides is 1. The number of nitrogens with zero attached hydrogens (tertiary/aromatic N) is 1. The van der Waals surface area contributed by atoms with E-state index in [1.165, 1.54) is 0 Å². The van der Waals surface area contributed by atoms with Crippen LogP contribution >= 0.6 is 0 Å². The average Bonchev–Trinajstić information content (AvgIpc) is 2.89. The molecule has 1 aromatic rings. The van der Waals surface area contributed by atoms with E-state index in [0.29, 0.717) is 26.2 Å². The Labute approximate surface area is 125 Å². The van der Waals surface area contributed by atoms with Gasteiger partial charge in [0, 0.05) is 12.6 Å². The second-order valence-electron chi connectivity index (χ2n) is 6.32. The molecule has 118 valence electrons. The Hall–Kier alpha value is -1.53. The summed E-state index contributed by atoms with van der Waals surface area (Å²) in [5.41, 5.74) is 6.75. The van der Waals surface area contributed by atoms with Crippen molar-refractivity contribution < 1.29 is 18.7 Å². The van der Waals surface area contributed by atoms with Gasteiger partial charge in [-0.25, -0.2) is 4.79 Å². The van der Waals surface area contributed by atoms with Crippen molar-refractivity contribution in [3.05, 3.63) is 24.2 Å². The largest absolute Gasteiger partial charge is 0.472 e. The monoisotopic (exact) mass is 296 g/mol. The number of hydrogen-bond donors (Lipinski definition) is 1. The van der Waals surface area contributed by atoms with Crippen LogP contribution in [0.3, 0.4) is 0 Å². The second-order valence-corrected chi connectivity index (χ2v) is 6.32. The van der Waals surface area contributed by atoms with Crippen LogP contribution in [-0.4, -0.2) is 48.4 Å². The topological polar surface area (TPSA) is 77.9 Å². The van der Waals surface area contributed by atoms with Gasteiger partial charge >= 0.3 is 6.09 Å². The van der Waals surface area contributed by atoms with E-state index in [1.807, 2.05) is 26.8 Å². The van der Waals surface area contributed by atoms with Crippen LogP contribution in [-0.2, 0) is 15.9 Å². The van der Waals surface area contributed by atoms with Crippen molar-refractivity contribution >= 4 is 6.09 Å². The predicted molar refractivity (Wildman–Crippen MR) is 77.9 cm³/mol. The highest BCUT2D eigenvalue weighted by Crippen LogP contribution is 2.18. The number of nitrogens with two attached hydrogens (primary N) is 1. The summed E-state index contributed by atoms with van der Waals surface area (Å²) in [6.45, 7) is 6.99. The highest BCUT2D eigenvalue weighted by atomic mass is 16.6. The molecule has 1 aromatic heterocycles. The van der Waals surface area contributed by atoms with Crippen LogP contribution in [0.4, 0.5) is 4.79 Å². The zero-order valence-electron chi connectivity index (χ0n) is 12.9. The zero-order chi connectivity index (χ0) is 15.5. The second kappa shape index (κ2) is 6.49. The molecule has 21 heavy (non-hydrogen) atoms. The molecule has 0 radical (unpaired) electrons. The maximum Gasteiger partial charge on any atom is 0.410 e. The molecule has 0 spiro atoms. The quantitative estimate of drug-likeness (QED) is 0.920. The molecule has 1 saturated heterocycles. The van der Waals surface area contributed by atoms with E-state index in [9.17, 15) is 4.79 Å². The van der Waals surface area contributed by atoms with Gasteiger partial charge in [0.05, 0.1) is 31.8 Å². The van der Waals surface area contributed by atoms with E-state index in [-0.39, 0.29) is 18.2 Å². The van der Waals surface area contributed by atoms with Crippen molar-refractivity contribution in [1.82, 2.24) is 4.90 Å². The van der Waals surface area contributed by atoms with Crippen LogP contribution in [0, 0.1) is 0 Å². The first kappa shape index (κ1) is 15.9. The maximum atomic E-state index is 12.3. The minimum atomic E-state index is -0.519. The average molecular weight is 296 g/mol. The first-order valence-corrected chi connectivity index (χ1v) is 7.21. The third-order valence-corrected chi connectivity index (χ3v) is 3.34. The molecular formula is C15H24N2O4. The number of ether oxygens (including phenoxy) is 2. The van der Waals surface area contributed by atoms with E-state index in [2.05, 4.69) is 0 Å². The summed E-state index contributed by atoms with van der Waals surface area (Å²) >= 11 is 0. The van der Waals surface area contributed by atoms with Gasteiger partial charge in [-0.05, 0) is 38.8 Å². The third kappa shape index (κ3) is 4.47. The maximum absolute atomic E-state index is 12.3. The number of carbonyl (C=O) groups excluding carboxylic acids is 1. The van der Waals surface area contributed by atoms with Crippen LogP contribution in [0.1, 0.15) is 26.3 Å². The molecule has 1 aliphatic rings. The summed E-state index contributed by atoms with van der Waals surface area (Å²) in [6.07, 6.45) is 3.58. The van der Waals surface area contributed by atoms with Crippen LogP contribution in [0.15, 0.2) is 23.0 Å². The van der Waals surface area contributed by atoms with Gasteiger partial charge in [-0.15, -0.1) is 0 Å². The van der Waals surface area contributed by atoms with Gasteiger partial charge in [-0.3, -0.25) is 4.90 Å². The van der Waals surface area contributed by atoms with E-state index in [4.69, 9.17) is 19.6 Å². The highest BCUT2D eigenvalue weighted by molar-refractivity contribution is 5.68. The normalized spacial score (nSPS) is 21.1. The molecule has 1 amide bonds. The third-order valence-electron chi connectivity index (χ3n) is 3.34. The standard InChI is InChI=1S/C15H24N2O4/c1-15(2,3)21-14(18)17-5-7-20-10-13(17)12(16)8-11-4-6-19-9-11/h4,6,9,12-13H,5,7-8,10,16H2,1-3H3. The Morgan fingerprint density at radius 2 is 2.33 bits per heavy atom. The van der Waals surface area contributed by atoms with Crippen molar-refractivity contribution in [1.29, 1.82) is 0 Å². The van der Waals surface area contributed by atoms with E-state index >= 15 is 0 Å². The van der Waals surface area contributed by atoms with Gasteiger partial charge in [0.1, 0.15) is 5.60 Å². The number of carbonyl (C=O) groups is 1. The summed E-state index contributed by atoms with van der Waals surface area (Å²) in [5, 5.41) is 0. The fourth-order valence-corrected chi connectivity index (χ4v) is 2.34. The molecule has 0 aliphatic carbocycles. The summed E-state index contributed by atoms with van der Waals surface area (Å²) in [5.74, 6) is 0. The Morgan fingerprint density at radius 3 is 2.95 bits per heavy atom. The van der Waals surface area contributed by atoms with Gasteiger partial charge in [-0.2, -0.15) is 0 Å². The summed E-state index contributed by atoms with van der Waals surface area (Å²) < 4.78 is 16.0. The highest BCUT2D eigenvalue weighted by Gasteiger charge is 2.34. The van der Waals surface area contributed by atoms with Gasteiger partial charge in [0.2, 0.25) is 0 Å². The zero-order valence-corrected chi connectivity index (χ0v) is 12.9. The summed E-state index contributed by atoms with van der Waals surface area (Å²) in [7, 11) is 0. The Kier molecular flexibility index (Phi) is 4.90. The molecule has 6 nitrogen and oxygen atoms in total. The molecule has 2 rings (SSSR count). The minimum absolute atomic E-state index is 0.191. The molecule has 6 heteroatoms. The number of furan rings is 1. The molecule has 2 heterocycles. The van der Waals surface area contributed by atoms with Gasteiger partial charge in [0.25, 0.3) is 0 Å². The Morgan fingerprint density at radius 1 is 1.57 bits per heavy atom. The first-order valence-electron chi connectivity index (χ1n) is 7.21. The number of rotatable bonds is 3.